The van der Waals surface area contributed by atoms with E-state index in [0.29, 0.717) is 101 Å². The maximum Gasteiger partial charge on any atom is 0.451 e. The SMILES string of the molecule is N#Cc1ccc(CCCC(=O)[C@@H]2CCCN2c2cc(N3CCC(CCCC(=O)NCCCc4cc(C(=O)O)ncn4)CC3)nc(C(F)(F)F)n2)cc1. The quantitative estimate of drug-likeness (QED) is 0.178. The third-order valence-corrected chi connectivity index (χ3v) is 9.67. The van der Waals surface area contributed by atoms with Crippen molar-refractivity contribution in [3.05, 3.63) is 71.1 Å². The van der Waals surface area contributed by atoms with E-state index >= 15 is 0 Å². The largest absolute Gasteiger partial charge is 0.477 e. The van der Waals surface area contributed by atoms with Crippen LogP contribution in [0.3, 0.4) is 0 Å². The van der Waals surface area contributed by atoms with Gasteiger partial charge in [-0.25, -0.2) is 24.7 Å². The van der Waals surface area contributed by atoms with Crippen molar-refractivity contribution < 1.29 is 32.7 Å². The van der Waals surface area contributed by atoms with Crippen molar-refractivity contribution in [2.75, 3.05) is 36.0 Å². The van der Waals surface area contributed by atoms with Gasteiger partial charge in [0, 0.05) is 50.8 Å². The molecule has 15 heteroatoms. The zero-order chi connectivity index (χ0) is 37.1. The number of rotatable bonds is 16. The zero-order valence-corrected chi connectivity index (χ0v) is 28.9. The molecule has 2 saturated heterocycles. The first-order valence-electron chi connectivity index (χ1n) is 17.8. The van der Waals surface area contributed by atoms with E-state index in [2.05, 4.69) is 31.3 Å². The van der Waals surface area contributed by atoms with Gasteiger partial charge in [-0.15, -0.1) is 0 Å². The van der Waals surface area contributed by atoms with Crippen LogP contribution in [0.5, 0.6) is 0 Å². The van der Waals surface area contributed by atoms with Gasteiger partial charge < -0.3 is 20.2 Å². The van der Waals surface area contributed by atoms with Gasteiger partial charge >= 0.3 is 12.1 Å². The summed E-state index contributed by atoms with van der Waals surface area (Å²) < 4.78 is 42.0. The van der Waals surface area contributed by atoms with E-state index in [4.69, 9.17) is 10.4 Å². The van der Waals surface area contributed by atoms with Crippen molar-refractivity contribution >= 4 is 29.3 Å². The highest BCUT2D eigenvalue weighted by molar-refractivity contribution is 5.87. The molecule has 2 aliphatic rings. The predicted octanol–water partition coefficient (Wildman–Crippen LogP) is 5.55. The van der Waals surface area contributed by atoms with E-state index < -0.39 is 24.0 Å². The van der Waals surface area contributed by atoms with Gasteiger partial charge in [-0.1, -0.05) is 12.1 Å². The number of anilines is 2. The number of benzene rings is 1. The standard InChI is InChI=1S/C37H43F3N8O4/c38-37(39,40)36-45-32(22-33(46-36)48-18-4-8-30(48)31(49)9-1-5-25-11-13-27(23-41)14-12-25)47-19-15-26(16-20-47)6-2-10-34(50)42-17-3-7-28-21-29(35(51)52)44-24-43-28/h11-14,21-22,24,26,30H,1-10,15-20H2,(H,42,50)(H,51,52)/t30-/m0/s1. The van der Waals surface area contributed by atoms with Crippen LogP contribution in [0.15, 0.2) is 42.7 Å². The Morgan fingerprint density at radius 1 is 0.923 bits per heavy atom. The van der Waals surface area contributed by atoms with Gasteiger partial charge in [0.05, 0.1) is 17.7 Å². The number of hydrogen-bond donors (Lipinski definition) is 2. The number of carbonyl (C=O) groups is 3. The lowest BCUT2D eigenvalue weighted by atomic mass is 9.91. The summed E-state index contributed by atoms with van der Waals surface area (Å²) in [6.45, 7) is 1.92. The van der Waals surface area contributed by atoms with Crippen molar-refractivity contribution in [1.82, 2.24) is 25.3 Å². The molecule has 0 aliphatic carbocycles. The second-order valence-electron chi connectivity index (χ2n) is 13.4. The second-order valence-corrected chi connectivity index (χ2v) is 13.4. The zero-order valence-electron chi connectivity index (χ0n) is 28.9. The van der Waals surface area contributed by atoms with Crippen LogP contribution in [0.4, 0.5) is 24.8 Å². The molecule has 5 rings (SSSR count). The number of nitrogens with one attached hydrogen (secondary N) is 1. The maximum absolute atomic E-state index is 14.0. The molecule has 3 aromatic rings. The summed E-state index contributed by atoms with van der Waals surface area (Å²) in [6.07, 6.45) is 3.76. The van der Waals surface area contributed by atoms with Crippen molar-refractivity contribution in [2.45, 2.75) is 89.3 Å². The number of carbonyl (C=O) groups excluding carboxylic acids is 2. The van der Waals surface area contributed by atoms with Crippen molar-refractivity contribution in [2.24, 2.45) is 5.92 Å². The Balaban J connectivity index is 1.08. The minimum Gasteiger partial charge on any atom is -0.477 e. The number of hydrogen-bond acceptors (Lipinski definition) is 10. The first kappa shape index (κ1) is 38.1. The molecule has 1 amide bonds. The Morgan fingerprint density at radius 2 is 1.67 bits per heavy atom. The average molecular weight is 721 g/mol. The molecule has 2 N–H and O–H groups in total. The van der Waals surface area contributed by atoms with Crippen LogP contribution in [0.1, 0.15) is 97.3 Å². The van der Waals surface area contributed by atoms with Crippen LogP contribution in [0, 0.1) is 17.2 Å². The topological polar surface area (TPSA) is 165 Å². The van der Waals surface area contributed by atoms with Gasteiger partial charge in [0.2, 0.25) is 11.7 Å². The summed E-state index contributed by atoms with van der Waals surface area (Å²) >= 11 is 0. The number of piperidine rings is 1. The number of halogens is 3. The third-order valence-electron chi connectivity index (χ3n) is 9.67. The molecule has 0 radical (unpaired) electrons. The van der Waals surface area contributed by atoms with Gasteiger partial charge in [0.25, 0.3) is 0 Å². The van der Waals surface area contributed by atoms with E-state index in [-0.39, 0.29) is 29.0 Å². The lowest BCUT2D eigenvalue weighted by molar-refractivity contribution is -0.144. The number of nitrogens with zero attached hydrogens (tertiary/aromatic N) is 7. The Hall–Kier alpha value is -5.13. The molecule has 0 spiro atoms. The molecular formula is C37H43F3N8O4. The Bertz CT molecular complexity index is 1740. The summed E-state index contributed by atoms with van der Waals surface area (Å²) in [5.74, 6) is -1.76. The molecule has 1 atom stereocenters. The van der Waals surface area contributed by atoms with Crippen molar-refractivity contribution in [3.8, 4) is 6.07 Å². The van der Waals surface area contributed by atoms with Gasteiger partial charge in [-0.3, -0.25) is 9.59 Å². The molecule has 4 heterocycles. The normalized spacial score (nSPS) is 16.5. The van der Waals surface area contributed by atoms with Gasteiger partial charge in [0.15, 0.2) is 11.5 Å². The van der Waals surface area contributed by atoms with Crippen LogP contribution in [0.25, 0.3) is 0 Å². The van der Waals surface area contributed by atoms with E-state index in [1.165, 1.54) is 12.4 Å². The molecule has 2 aliphatic heterocycles. The lowest BCUT2D eigenvalue weighted by Crippen LogP contribution is -2.38. The average Bonchev–Trinajstić information content (AvgIpc) is 3.64. The van der Waals surface area contributed by atoms with Crippen molar-refractivity contribution in [1.29, 1.82) is 5.26 Å². The fourth-order valence-electron chi connectivity index (χ4n) is 6.85. The Kier molecular flexibility index (Phi) is 13.1. The minimum atomic E-state index is -4.75. The molecule has 52 heavy (non-hydrogen) atoms. The molecule has 12 nitrogen and oxygen atoms in total. The third kappa shape index (κ3) is 10.7. The molecule has 276 valence electrons. The number of aromatic nitrogens is 4. The molecule has 1 aromatic carbocycles. The molecular weight excluding hydrogens is 677 g/mol. The number of aromatic carboxylic acids is 1. The highest BCUT2D eigenvalue weighted by Gasteiger charge is 2.38. The van der Waals surface area contributed by atoms with Crippen LogP contribution in [-0.2, 0) is 28.6 Å². The van der Waals surface area contributed by atoms with E-state index in [1.54, 1.807) is 23.1 Å². The summed E-state index contributed by atoms with van der Waals surface area (Å²) in [5.41, 5.74) is 2.11. The first-order valence-corrected chi connectivity index (χ1v) is 17.8. The number of carboxylic acid groups (broad SMARTS) is 1. The van der Waals surface area contributed by atoms with Crippen LogP contribution < -0.4 is 15.1 Å². The number of Topliss-reactive ketones (excluding diaryl/α,β-unsaturated/α-hetero) is 1. The van der Waals surface area contributed by atoms with E-state index in [1.807, 2.05) is 17.0 Å². The van der Waals surface area contributed by atoms with Crippen LogP contribution in [0.2, 0.25) is 0 Å². The van der Waals surface area contributed by atoms with E-state index in [9.17, 15) is 27.6 Å². The molecule has 2 fully saturated rings. The summed E-state index contributed by atoms with van der Waals surface area (Å²) in [5, 5.41) is 20.9. The number of nitriles is 1. The van der Waals surface area contributed by atoms with E-state index in [0.717, 1.165) is 24.8 Å². The highest BCUT2D eigenvalue weighted by atomic mass is 19.4. The molecule has 2 aromatic heterocycles. The maximum atomic E-state index is 14.0. The smallest absolute Gasteiger partial charge is 0.451 e. The Morgan fingerprint density at radius 3 is 2.38 bits per heavy atom. The molecule has 0 unspecified atom stereocenters. The molecule has 0 saturated carbocycles. The number of aryl methyl sites for hydroxylation is 2. The molecule has 0 bridgehead atoms. The summed E-state index contributed by atoms with van der Waals surface area (Å²) in [6, 6.07) is 11.7. The van der Waals surface area contributed by atoms with Crippen LogP contribution >= 0.6 is 0 Å². The fraction of sp³-hybridized carbons (Fsp3) is 0.514. The monoisotopic (exact) mass is 720 g/mol. The second kappa shape index (κ2) is 17.9. The van der Waals surface area contributed by atoms with Gasteiger partial charge in [-0.05, 0) is 93.9 Å². The van der Waals surface area contributed by atoms with Crippen molar-refractivity contribution in [3.63, 3.8) is 0 Å². The lowest BCUT2D eigenvalue weighted by Gasteiger charge is -2.34. The van der Waals surface area contributed by atoms with Gasteiger partial charge in [-0.2, -0.15) is 18.4 Å². The predicted molar refractivity (Wildman–Crippen MR) is 186 cm³/mol. The summed E-state index contributed by atoms with van der Waals surface area (Å²) in [4.78, 5) is 55.8. The van der Waals surface area contributed by atoms with Gasteiger partial charge in [0.1, 0.15) is 18.0 Å². The number of carboxylic acids is 1. The fourth-order valence-corrected chi connectivity index (χ4v) is 6.85. The highest BCUT2D eigenvalue weighted by Crippen LogP contribution is 2.35. The Labute approximate surface area is 300 Å². The first-order chi connectivity index (χ1) is 25.0. The minimum absolute atomic E-state index is 0.0207. The number of alkyl halides is 3. The number of amides is 1. The number of ketones is 1. The van der Waals surface area contributed by atoms with Crippen LogP contribution in [-0.4, -0.2) is 74.9 Å². The summed E-state index contributed by atoms with van der Waals surface area (Å²) in [7, 11) is 0.